The van der Waals surface area contributed by atoms with Crippen molar-refractivity contribution in [3.63, 3.8) is 0 Å². The van der Waals surface area contributed by atoms with Crippen LogP contribution in [0.2, 0.25) is 0 Å². The Bertz CT molecular complexity index is 245. The molecule has 1 unspecified atom stereocenters. The van der Waals surface area contributed by atoms with Crippen molar-refractivity contribution in [3.05, 3.63) is 17.8 Å². The Labute approximate surface area is 79.5 Å². The molecule has 3 nitrogen and oxygen atoms in total. The minimum Gasteiger partial charge on any atom is -0.448 e. The average Bonchev–Trinajstić information content (AvgIpc) is 2.54. The van der Waals surface area contributed by atoms with Crippen molar-refractivity contribution in [2.24, 2.45) is 5.92 Å². The number of hydrogen-bond donors (Lipinski definition) is 1. The Morgan fingerprint density at radius 1 is 1.62 bits per heavy atom. The Balaban J connectivity index is 2.59. The molecule has 74 valence electrons. The summed E-state index contributed by atoms with van der Waals surface area (Å²) in [5, 5.41) is 3.08. The number of nitrogens with zero attached hydrogens (tertiary/aromatic N) is 1. The van der Waals surface area contributed by atoms with Crippen molar-refractivity contribution < 1.29 is 4.42 Å². The summed E-state index contributed by atoms with van der Waals surface area (Å²) in [5.41, 5.74) is 1.04. The van der Waals surface area contributed by atoms with Crippen LogP contribution in [0.1, 0.15) is 31.7 Å². The van der Waals surface area contributed by atoms with Gasteiger partial charge >= 0.3 is 0 Å². The SMILES string of the molecule is CCC(C)Cc1ocnc1CNC. The zero-order chi connectivity index (χ0) is 9.68. The Kier molecular flexibility index (Phi) is 3.96. The molecule has 1 rings (SSSR count). The van der Waals surface area contributed by atoms with Crippen molar-refractivity contribution in [2.45, 2.75) is 33.2 Å². The zero-order valence-corrected chi connectivity index (χ0v) is 8.63. The second kappa shape index (κ2) is 5.02. The highest BCUT2D eigenvalue weighted by Crippen LogP contribution is 2.14. The fraction of sp³-hybridized carbons (Fsp3) is 0.700. The second-order valence-electron chi connectivity index (χ2n) is 3.47. The van der Waals surface area contributed by atoms with E-state index in [4.69, 9.17) is 4.42 Å². The molecule has 0 aromatic carbocycles. The molecule has 13 heavy (non-hydrogen) atoms. The van der Waals surface area contributed by atoms with Gasteiger partial charge < -0.3 is 9.73 Å². The fourth-order valence-corrected chi connectivity index (χ4v) is 1.23. The van der Waals surface area contributed by atoms with E-state index in [0.717, 1.165) is 24.4 Å². The van der Waals surface area contributed by atoms with Crippen LogP contribution in [0.15, 0.2) is 10.8 Å². The van der Waals surface area contributed by atoms with E-state index in [1.807, 2.05) is 7.05 Å². The van der Waals surface area contributed by atoms with E-state index in [9.17, 15) is 0 Å². The normalized spacial score (nSPS) is 13.2. The first-order valence-corrected chi connectivity index (χ1v) is 4.83. The van der Waals surface area contributed by atoms with Crippen LogP contribution in [-0.4, -0.2) is 12.0 Å². The smallest absolute Gasteiger partial charge is 0.181 e. The van der Waals surface area contributed by atoms with Crippen LogP contribution in [0, 0.1) is 5.92 Å². The van der Waals surface area contributed by atoms with Gasteiger partial charge in [-0.15, -0.1) is 0 Å². The third kappa shape index (κ3) is 2.84. The zero-order valence-electron chi connectivity index (χ0n) is 8.63. The molecular formula is C10H18N2O. The molecule has 1 N–H and O–H groups in total. The van der Waals surface area contributed by atoms with Gasteiger partial charge in [-0.1, -0.05) is 20.3 Å². The lowest BCUT2D eigenvalue weighted by atomic mass is 10.0. The van der Waals surface area contributed by atoms with Crippen molar-refractivity contribution in [1.29, 1.82) is 0 Å². The third-order valence-electron chi connectivity index (χ3n) is 2.30. The molecule has 0 radical (unpaired) electrons. The molecule has 0 bridgehead atoms. The standard InChI is InChI=1S/C10H18N2O/c1-4-8(2)5-10-9(6-11-3)12-7-13-10/h7-8,11H,4-6H2,1-3H3. The molecule has 1 aromatic heterocycles. The van der Waals surface area contributed by atoms with Crippen molar-refractivity contribution in [2.75, 3.05) is 7.05 Å². The van der Waals surface area contributed by atoms with Gasteiger partial charge in [0, 0.05) is 13.0 Å². The molecule has 0 saturated carbocycles. The highest BCUT2D eigenvalue weighted by molar-refractivity contribution is 5.07. The van der Waals surface area contributed by atoms with Crippen LogP contribution < -0.4 is 5.32 Å². The van der Waals surface area contributed by atoms with E-state index >= 15 is 0 Å². The summed E-state index contributed by atoms with van der Waals surface area (Å²) < 4.78 is 5.34. The molecule has 1 aromatic rings. The largest absolute Gasteiger partial charge is 0.448 e. The van der Waals surface area contributed by atoms with Crippen LogP contribution >= 0.6 is 0 Å². The maximum Gasteiger partial charge on any atom is 0.181 e. The van der Waals surface area contributed by atoms with E-state index in [0.29, 0.717) is 5.92 Å². The quantitative estimate of drug-likeness (QED) is 0.756. The number of hydrogen-bond acceptors (Lipinski definition) is 3. The molecule has 0 saturated heterocycles. The van der Waals surface area contributed by atoms with E-state index in [1.54, 1.807) is 0 Å². The summed E-state index contributed by atoms with van der Waals surface area (Å²) in [5.74, 6) is 1.70. The average molecular weight is 182 g/mol. The highest BCUT2D eigenvalue weighted by atomic mass is 16.3. The van der Waals surface area contributed by atoms with Gasteiger partial charge in [0.15, 0.2) is 6.39 Å². The Morgan fingerprint density at radius 2 is 2.38 bits per heavy atom. The molecular weight excluding hydrogens is 164 g/mol. The predicted octanol–water partition coefficient (Wildman–Crippen LogP) is 1.98. The Morgan fingerprint density at radius 3 is 3.00 bits per heavy atom. The van der Waals surface area contributed by atoms with Gasteiger partial charge in [0.1, 0.15) is 5.76 Å². The molecule has 0 aliphatic carbocycles. The van der Waals surface area contributed by atoms with Crippen molar-refractivity contribution >= 4 is 0 Å². The van der Waals surface area contributed by atoms with Crippen LogP contribution in [0.25, 0.3) is 0 Å². The van der Waals surface area contributed by atoms with E-state index < -0.39 is 0 Å². The number of rotatable bonds is 5. The van der Waals surface area contributed by atoms with Gasteiger partial charge in [-0.3, -0.25) is 0 Å². The molecule has 0 spiro atoms. The van der Waals surface area contributed by atoms with Gasteiger partial charge in [0.2, 0.25) is 0 Å². The summed E-state index contributed by atoms with van der Waals surface area (Å²) in [6.45, 7) is 5.22. The number of oxazole rings is 1. The van der Waals surface area contributed by atoms with Crippen LogP contribution in [-0.2, 0) is 13.0 Å². The second-order valence-corrected chi connectivity index (χ2v) is 3.47. The van der Waals surface area contributed by atoms with Gasteiger partial charge in [-0.05, 0) is 13.0 Å². The first kappa shape index (κ1) is 10.3. The molecule has 0 fully saturated rings. The van der Waals surface area contributed by atoms with Crippen LogP contribution in [0.5, 0.6) is 0 Å². The van der Waals surface area contributed by atoms with E-state index in [2.05, 4.69) is 24.1 Å². The van der Waals surface area contributed by atoms with Gasteiger partial charge in [-0.2, -0.15) is 0 Å². The van der Waals surface area contributed by atoms with E-state index in [1.165, 1.54) is 12.8 Å². The minimum absolute atomic E-state index is 0.670. The first-order chi connectivity index (χ1) is 6.27. The Hall–Kier alpha value is -0.830. The lowest BCUT2D eigenvalue weighted by Crippen LogP contribution is -2.08. The van der Waals surface area contributed by atoms with Gasteiger partial charge in [-0.25, -0.2) is 4.98 Å². The predicted molar refractivity (Wildman–Crippen MR) is 52.4 cm³/mol. The van der Waals surface area contributed by atoms with Crippen molar-refractivity contribution in [1.82, 2.24) is 10.3 Å². The lowest BCUT2D eigenvalue weighted by molar-refractivity contribution is 0.444. The summed E-state index contributed by atoms with van der Waals surface area (Å²) >= 11 is 0. The summed E-state index contributed by atoms with van der Waals surface area (Å²) in [4.78, 5) is 4.16. The number of nitrogens with one attached hydrogen (secondary N) is 1. The molecule has 3 heteroatoms. The molecule has 1 heterocycles. The summed E-state index contributed by atoms with van der Waals surface area (Å²) in [7, 11) is 1.92. The van der Waals surface area contributed by atoms with Crippen molar-refractivity contribution in [3.8, 4) is 0 Å². The monoisotopic (exact) mass is 182 g/mol. The molecule has 0 amide bonds. The minimum atomic E-state index is 0.670. The van der Waals surface area contributed by atoms with Crippen LogP contribution in [0.4, 0.5) is 0 Å². The van der Waals surface area contributed by atoms with Gasteiger partial charge in [0.05, 0.1) is 5.69 Å². The first-order valence-electron chi connectivity index (χ1n) is 4.83. The maximum atomic E-state index is 5.34. The van der Waals surface area contributed by atoms with Crippen LogP contribution in [0.3, 0.4) is 0 Å². The lowest BCUT2D eigenvalue weighted by Gasteiger charge is -2.06. The maximum absolute atomic E-state index is 5.34. The third-order valence-corrected chi connectivity index (χ3v) is 2.30. The van der Waals surface area contributed by atoms with Gasteiger partial charge in [0.25, 0.3) is 0 Å². The molecule has 0 aliphatic rings. The molecule has 1 atom stereocenters. The molecule has 0 aliphatic heterocycles. The summed E-state index contributed by atoms with van der Waals surface area (Å²) in [6, 6.07) is 0. The highest BCUT2D eigenvalue weighted by Gasteiger charge is 2.10. The summed E-state index contributed by atoms with van der Waals surface area (Å²) in [6.07, 6.45) is 3.71. The van der Waals surface area contributed by atoms with E-state index in [-0.39, 0.29) is 0 Å². The fourth-order valence-electron chi connectivity index (χ4n) is 1.23. The topological polar surface area (TPSA) is 38.1 Å². The number of aromatic nitrogens is 1.